The second kappa shape index (κ2) is 6.10. The number of aromatic nitrogens is 2. The minimum absolute atomic E-state index is 0.163. The van der Waals surface area contributed by atoms with E-state index < -0.39 is 10.0 Å². The topological polar surface area (TPSA) is 110 Å². The van der Waals surface area contributed by atoms with Crippen LogP contribution in [0, 0.1) is 0 Å². The monoisotopic (exact) mass is 375 g/mol. The van der Waals surface area contributed by atoms with Crippen LogP contribution in [0.1, 0.15) is 34.0 Å². The molecule has 0 radical (unpaired) electrons. The first-order chi connectivity index (χ1) is 12.4. The zero-order chi connectivity index (χ0) is 18.5. The average molecular weight is 375 g/mol. The molecule has 26 heavy (non-hydrogen) atoms. The van der Waals surface area contributed by atoms with Gasteiger partial charge in [-0.1, -0.05) is 18.2 Å². The smallest absolute Gasteiger partial charge is 0.256 e. The van der Waals surface area contributed by atoms with Crippen molar-refractivity contribution in [2.75, 3.05) is 30.4 Å². The van der Waals surface area contributed by atoms with Gasteiger partial charge in [0.1, 0.15) is 5.82 Å². The molecule has 0 saturated heterocycles. The van der Waals surface area contributed by atoms with Gasteiger partial charge in [0, 0.05) is 37.3 Å². The van der Waals surface area contributed by atoms with Gasteiger partial charge < -0.3 is 11.1 Å². The number of anilines is 2. The molecule has 2 aliphatic heterocycles. The third kappa shape index (κ3) is 2.77. The molecule has 0 saturated carbocycles. The Morgan fingerprint density at radius 2 is 2.12 bits per heavy atom. The van der Waals surface area contributed by atoms with Crippen molar-refractivity contribution in [1.82, 2.24) is 14.1 Å². The molecule has 9 heteroatoms. The molecule has 138 valence electrons. The highest BCUT2D eigenvalue weighted by Gasteiger charge is 2.33. The second-order valence-corrected chi connectivity index (χ2v) is 8.74. The Labute approximate surface area is 152 Å². The lowest BCUT2D eigenvalue weighted by Gasteiger charge is -2.25. The van der Waals surface area contributed by atoms with Gasteiger partial charge in [0.2, 0.25) is 10.0 Å². The van der Waals surface area contributed by atoms with Gasteiger partial charge in [-0.2, -0.15) is 14.1 Å². The highest BCUT2D eigenvalue weighted by Crippen LogP contribution is 2.34. The summed E-state index contributed by atoms with van der Waals surface area (Å²) in [5.41, 5.74) is 9.44. The molecule has 0 bridgehead atoms. The summed E-state index contributed by atoms with van der Waals surface area (Å²) in [6, 6.07) is 7.73. The van der Waals surface area contributed by atoms with Crippen LogP contribution in [0.15, 0.2) is 24.3 Å². The van der Waals surface area contributed by atoms with Gasteiger partial charge in [-0.25, -0.2) is 8.42 Å². The first kappa shape index (κ1) is 17.0. The molecule has 1 unspecified atom stereocenters. The fraction of sp³-hybridized carbons (Fsp3) is 0.412. The number of fused-ring (bicyclic) bond motifs is 2. The molecule has 3 heterocycles. The lowest BCUT2D eigenvalue weighted by molar-refractivity contribution is 0.0859. The summed E-state index contributed by atoms with van der Waals surface area (Å²) in [4.78, 5) is 13.1. The van der Waals surface area contributed by atoms with Crippen LogP contribution < -0.4 is 11.1 Å². The Balaban J connectivity index is 1.68. The van der Waals surface area contributed by atoms with E-state index in [1.54, 1.807) is 0 Å². The van der Waals surface area contributed by atoms with Crippen molar-refractivity contribution >= 4 is 27.4 Å². The summed E-state index contributed by atoms with van der Waals surface area (Å²) in [6.45, 7) is 1.22. The molecule has 0 spiro atoms. The van der Waals surface area contributed by atoms with E-state index in [0.29, 0.717) is 37.2 Å². The van der Waals surface area contributed by atoms with E-state index in [2.05, 4.69) is 10.4 Å². The molecule has 0 aliphatic carbocycles. The number of hydrogen-bond acceptors (Lipinski definition) is 6. The summed E-state index contributed by atoms with van der Waals surface area (Å²) in [6.07, 6.45) is 2.29. The van der Waals surface area contributed by atoms with E-state index in [0.717, 1.165) is 11.3 Å². The van der Waals surface area contributed by atoms with Crippen molar-refractivity contribution in [2.45, 2.75) is 25.3 Å². The molecule has 0 amide bonds. The number of nitrogens with zero attached hydrogens (tertiary/aromatic N) is 3. The van der Waals surface area contributed by atoms with Crippen molar-refractivity contribution in [3.05, 3.63) is 41.1 Å². The third-order valence-electron chi connectivity index (χ3n) is 5.10. The maximum atomic E-state index is 13.1. The highest BCUT2D eigenvalue weighted by atomic mass is 32.2. The number of rotatable bonds is 2. The maximum absolute atomic E-state index is 13.1. The Bertz CT molecular complexity index is 982. The van der Waals surface area contributed by atoms with E-state index in [-0.39, 0.29) is 24.2 Å². The van der Waals surface area contributed by atoms with Crippen LogP contribution in [0.4, 0.5) is 11.5 Å². The molecule has 1 atom stereocenters. The number of nitrogen functional groups attached to an aromatic ring is 1. The number of sulfonamides is 1. The summed E-state index contributed by atoms with van der Waals surface area (Å²) in [7, 11) is -3.31. The molecule has 3 N–H and O–H groups in total. The third-order valence-corrected chi connectivity index (χ3v) is 6.35. The van der Waals surface area contributed by atoms with Crippen molar-refractivity contribution < 1.29 is 13.2 Å². The van der Waals surface area contributed by atoms with Gasteiger partial charge >= 0.3 is 0 Å². The SMILES string of the molecule is CS(=O)(=O)N1CCc2nn(C(=O)C3CCNc4ccccc43)c(N)c2C1. The zero-order valence-corrected chi connectivity index (χ0v) is 15.3. The van der Waals surface area contributed by atoms with E-state index >= 15 is 0 Å². The number of para-hydroxylation sites is 1. The molecule has 2 aliphatic rings. The molecule has 4 rings (SSSR count). The van der Waals surface area contributed by atoms with Crippen LogP contribution >= 0.6 is 0 Å². The van der Waals surface area contributed by atoms with Crippen molar-refractivity contribution in [2.24, 2.45) is 0 Å². The second-order valence-electron chi connectivity index (χ2n) is 6.76. The predicted molar refractivity (Wildman–Crippen MR) is 98.5 cm³/mol. The minimum atomic E-state index is -3.31. The average Bonchev–Trinajstić information content (AvgIpc) is 2.96. The van der Waals surface area contributed by atoms with Gasteiger partial charge in [0.25, 0.3) is 5.91 Å². The van der Waals surface area contributed by atoms with E-state index in [4.69, 9.17) is 5.73 Å². The van der Waals surface area contributed by atoms with Crippen LogP contribution in [-0.2, 0) is 23.0 Å². The van der Waals surface area contributed by atoms with Crippen molar-refractivity contribution in [3.8, 4) is 0 Å². The summed E-state index contributed by atoms with van der Waals surface area (Å²) >= 11 is 0. The van der Waals surface area contributed by atoms with Gasteiger partial charge in [-0.3, -0.25) is 4.79 Å². The summed E-state index contributed by atoms with van der Waals surface area (Å²) in [5.74, 6) is -0.242. The molecular formula is C17H21N5O3S. The summed E-state index contributed by atoms with van der Waals surface area (Å²) in [5, 5.41) is 7.71. The minimum Gasteiger partial charge on any atom is -0.385 e. The van der Waals surface area contributed by atoms with Crippen LogP contribution in [0.25, 0.3) is 0 Å². The van der Waals surface area contributed by atoms with E-state index in [1.807, 2.05) is 24.3 Å². The maximum Gasteiger partial charge on any atom is 0.256 e. The number of nitrogens with two attached hydrogens (primary N) is 1. The number of benzene rings is 1. The number of carbonyl (C=O) groups is 1. The Morgan fingerprint density at radius 1 is 1.35 bits per heavy atom. The lowest BCUT2D eigenvalue weighted by atomic mass is 9.90. The number of carbonyl (C=O) groups excluding carboxylic acids is 1. The molecular weight excluding hydrogens is 354 g/mol. The highest BCUT2D eigenvalue weighted by molar-refractivity contribution is 7.88. The molecule has 0 fully saturated rings. The van der Waals surface area contributed by atoms with Gasteiger partial charge in [-0.05, 0) is 18.1 Å². The predicted octanol–water partition coefficient (Wildman–Crippen LogP) is 1.02. The first-order valence-corrected chi connectivity index (χ1v) is 10.4. The van der Waals surface area contributed by atoms with Crippen molar-refractivity contribution in [3.63, 3.8) is 0 Å². The zero-order valence-electron chi connectivity index (χ0n) is 14.5. The summed E-state index contributed by atoms with van der Waals surface area (Å²) < 4.78 is 26.3. The van der Waals surface area contributed by atoms with Crippen LogP contribution in [0.3, 0.4) is 0 Å². The standard InChI is InChI=1S/C17H21N5O3S/c1-26(24,25)21-9-7-15-13(10-21)16(18)22(20-15)17(23)12-6-8-19-14-5-3-2-4-11(12)14/h2-5,12,19H,6-10,18H2,1H3. The van der Waals surface area contributed by atoms with Gasteiger partial charge in [-0.15, -0.1) is 0 Å². The van der Waals surface area contributed by atoms with Crippen LogP contribution in [0.5, 0.6) is 0 Å². The molecule has 8 nitrogen and oxygen atoms in total. The van der Waals surface area contributed by atoms with Crippen LogP contribution in [-0.4, -0.2) is 47.8 Å². The van der Waals surface area contributed by atoms with Gasteiger partial charge in [0.05, 0.1) is 17.9 Å². The quantitative estimate of drug-likeness (QED) is 0.811. The number of hydrogen-bond donors (Lipinski definition) is 2. The van der Waals surface area contributed by atoms with E-state index in [9.17, 15) is 13.2 Å². The fourth-order valence-electron chi connectivity index (χ4n) is 3.69. The Kier molecular flexibility index (Phi) is 4.00. The number of nitrogens with one attached hydrogen (secondary N) is 1. The Hall–Kier alpha value is -2.39. The van der Waals surface area contributed by atoms with Gasteiger partial charge in [0.15, 0.2) is 0 Å². The fourth-order valence-corrected chi connectivity index (χ4v) is 4.48. The lowest BCUT2D eigenvalue weighted by Crippen LogP contribution is -2.35. The van der Waals surface area contributed by atoms with Crippen molar-refractivity contribution in [1.29, 1.82) is 0 Å². The Morgan fingerprint density at radius 3 is 2.88 bits per heavy atom. The molecule has 1 aromatic carbocycles. The first-order valence-electron chi connectivity index (χ1n) is 8.54. The molecule has 2 aromatic rings. The van der Waals surface area contributed by atoms with Crippen LogP contribution in [0.2, 0.25) is 0 Å². The normalized spacial score (nSPS) is 20.1. The molecule has 1 aromatic heterocycles. The largest absolute Gasteiger partial charge is 0.385 e. The van der Waals surface area contributed by atoms with E-state index in [1.165, 1.54) is 15.2 Å².